The van der Waals surface area contributed by atoms with Crippen LogP contribution in [0, 0.1) is 11.6 Å². The topological polar surface area (TPSA) is 27.7 Å². The van der Waals surface area contributed by atoms with Gasteiger partial charge in [0, 0.05) is 31.4 Å². The Kier molecular flexibility index (Phi) is 5.81. The second kappa shape index (κ2) is 8.05. The van der Waals surface area contributed by atoms with Crippen molar-refractivity contribution in [2.75, 3.05) is 37.9 Å². The fourth-order valence-electron chi connectivity index (χ4n) is 3.28. The van der Waals surface area contributed by atoms with Gasteiger partial charge in [0.1, 0.15) is 11.6 Å². The fourth-order valence-corrected chi connectivity index (χ4v) is 3.28. The van der Waals surface area contributed by atoms with Gasteiger partial charge in [-0.1, -0.05) is 6.92 Å². The van der Waals surface area contributed by atoms with Gasteiger partial charge in [-0.15, -0.1) is 0 Å². The number of halogens is 2. The number of benzene rings is 1. The van der Waals surface area contributed by atoms with Crippen LogP contribution < -0.4 is 10.4 Å². The lowest BCUT2D eigenvalue weighted by atomic mass is 10.0. The zero-order valence-electron chi connectivity index (χ0n) is 14.1. The molecule has 1 aromatic carbocycles. The summed E-state index contributed by atoms with van der Waals surface area (Å²) in [5.41, 5.74) is 4.76. The molecule has 2 heterocycles. The molecule has 2 aliphatic heterocycles. The molecule has 0 saturated carbocycles. The quantitative estimate of drug-likeness (QED) is 0.863. The number of hydrogen-bond acceptors (Lipinski definition) is 4. The van der Waals surface area contributed by atoms with Crippen LogP contribution in [0.2, 0.25) is 0 Å². The van der Waals surface area contributed by atoms with Crippen LogP contribution in [0.4, 0.5) is 14.5 Å². The van der Waals surface area contributed by atoms with E-state index < -0.39 is 11.6 Å². The number of hydrogen-bond donors (Lipinski definition) is 1. The summed E-state index contributed by atoms with van der Waals surface area (Å²) >= 11 is 0. The molecular formula is C18H25F2N3O. The first kappa shape index (κ1) is 17.3. The molecule has 132 valence electrons. The monoisotopic (exact) mass is 337 g/mol. The van der Waals surface area contributed by atoms with E-state index in [0.29, 0.717) is 0 Å². The lowest BCUT2D eigenvalue weighted by molar-refractivity contribution is 0.0370. The van der Waals surface area contributed by atoms with Crippen LogP contribution in [0.15, 0.2) is 30.0 Å². The highest BCUT2D eigenvalue weighted by molar-refractivity contribution is 5.52. The van der Waals surface area contributed by atoms with Gasteiger partial charge in [0.2, 0.25) is 0 Å². The zero-order valence-corrected chi connectivity index (χ0v) is 14.1. The van der Waals surface area contributed by atoms with E-state index >= 15 is 0 Å². The summed E-state index contributed by atoms with van der Waals surface area (Å²) in [6, 6.07) is 3.71. The standard InChI is InChI=1S/C18H25F2N3O/c1-2-14-13-23(18-12-15(19)5-6-16(18)20)21-17(14)4-3-7-22-8-10-24-11-9-22/h5-6,12-13,17,21H,2-4,7-11H2,1H3. The summed E-state index contributed by atoms with van der Waals surface area (Å²) < 4.78 is 32.8. The first-order valence-corrected chi connectivity index (χ1v) is 8.68. The van der Waals surface area contributed by atoms with Gasteiger partial charge >= 0.3 is 0 Å². The molecular weight excluding hydrogens is 312 g/mol. The third-order valence-electron chi connectivity index (χ3n) is 4.68. The Morgan fingerprint density at radius 2 is 2.04 bits per heavy atom. The Hall–Kier alpha value is -1.50. The second-order valence-corrected chi connectivity index (χ2v) is 6.30. The Bertz CT molecular complexity index is 588. The van der Waals surface area contributed by atoms with E-state index in [-0.39, 0.29) is 11.7 Å². The number of ether oxygens (including phenoxy) is 1. The van der Waals surface area contributed by atoms with Crippen molar-refractivity contribution >= 4 is 5.69 Å². The maximum absolute atomic E-state index is 14.0. The van der Waals surface area contributed by atoms with Crippen molar-refractivity contribution in [1.29, 1.82) is 0 Å². The van der Waals surface area contributed by atoms with Gasteiger partial charge in [-0.25, -0.2) is 14.2 Å². The largest absolute Gasteiger partial charge is 0.379 e. The maximum atomic E-state index is 14.0. The summed E-state index contributed by atoms with van der Waals surface area (Å²) in [7, 11) is 0. The van der Waals surface area contributed by atoms with Crippen molar-refractivity contribution in [2.24, 2.45) is 0 Å². The molecule has 1 unspecified atom stereocenters. The Labute approximate surface area is 142 Å². The molecule has 6 heteroatoms. The van der Waals surface area contributed by atoms with E-state index in [0.717, 1.165) is 64.2 Å². The van der Waals surface area contributed by atoms with Crippen molar-refractivity contribution < 1.29 is 13.5 Å². The average molecular weight is 337 g/mol. The second-order valence-electron chi connectivity index (χ2n) is 6.30. The van der Waals surface area contributed by atoms with E-state index in [1.165, 1.54) is 11.6 Å². The molecule has 3 rings (SSSR count). The summed E-state index contributed by atoms with van der Waals surface area (Å²) in [6.07, 6.45) is 4.83. The molecule has 0 aliphatic carbocycles. The van der Waals surface area contributed by atoms with Gasteiger partial charge in [-0.05, 0) is 43.5 Å². The van der Waals surface area contributed by atoms with Crippen LogP contribution in [-0.2, 0) is 4.74 Å². The number of hydrazine groups is 1. The molecule has 0 aromatic heterocycles. The minimum atomic E-state index is -0.435. The van der Waals surface area contributed by atoms with E-state index in [4.69, 9.17) is 4.74 Å². The van der Waals surface area contributed by atoms with E-state index in [1.807, 2.05) is 6.20 Å². The number of rotatable bonds is 6. The van der Waals surface area contributed by atoms with Crippen LogP contribution in [0.3, 0.4) is 0 Å². The van der Waals surface area contributed by atoms with Crippen molar-refractivity contribution in [1.82, 2.24) is 10.3 Å². The zero-order chi connectivity index (χ0) is 16.9. The van der Waals surface area contributed by atoms with Gasteiger partial charge in [0.05, 0.1) is 18.9 Å². The highest BCUT2D eigenvalue weighted by Gasteiger charge is 2.25. The number of nitrogens with one attached hydrogen (secondary N) is 1. The summed E-state index contributed by atoms with van der Waals surface area (Å²) in [4.78, 5) is 2.41. The smallest absolute Gasteiger partial charge is 0.148 e. The van der Waals surface area contributed by atoms with Crippen molar-refractivity contribution in [3.05, 3.63) is 41.6 Å². The lowest BCUT2D eigenvalue weighted by Crippen LogP contribution is -2.39. The molecule has 0 bridgehead atoms. The van der Waals surface area contributed by atoms with E-state index in [2.05, 4.69) is 17.2 Å². The molecule has 1 N–H and O–H groups in total. The molecule has 0 amide bonds. The van der Waals surface area contributed by atoms with Crippen LogP contribution in [0.25, 0.3) is 0 Å². The third kappa shape index (κ3) is 4.12. The predicted molar refractivity (Wildman–Crippen MR) is 90.6 cm³/mol. The molecule has 2 aliphatic rings. The molecule has 4 nitrogen and oxygen atoms in total. The summed E-state index contributed by atoms with van der Waals surface area (Å²) in [5.74, 6) is -0.861. The highest BCUT2D eigenvalue weighted by atomic mass is 19.1. The van der Waals surface area contributed by atoms with Gasteiger partial charge in [-0.2, -0.15) is 0 Å². The lowest BCUT2D eigenvalue weighted by Gasteiger charge is -2.27. The molecule has 24 heavy (non-hydrogen) atoms. The highest BCUT2D eigenvalue weighted by Crippen LogP contribution is 2.27. The molecule has 0 spiro atoms. The van der Waals surface area contributed by atoms with E-state index in [1.54, 1.807) is 5.01 Å². The van der Waals surface area contributed by atoms with Crippen LogP contribution >= 0.6 is 0 Å². The van der Waals surface area contributed by atoms with Crippen molar-refractivity contribution in [3.8, 4) is 0 Å². The number of nitrogens with zero attached hydrogens (tertiary/aromatic N) is 2. The normalized spacial score (nSPS) is 22.0. The number of morpholine rings is 1. The Morgan fingerprint density at radius 1 is 1.25 bits per heavy atom. The molecule has 0 radical (unpaired) electrons. The predicted octanol–water partition coefficient (Wildman–Crippen LogP) is 3.06. The SMILES string of the molecule is CCC1=CN(c2cc(F)ccc2F)NC1CCCN1CCOCC1. The van der Waals surface area contributed by atoms with Crippen LogP contribution in [0.1, 0.15) is 26.2 Å². The minimum absolute atomic E-state index is 0.179. The maximum Gasteiger partial charge on any atom is 0.148 e. The van der Waals surface area contributed by atoms with Gasteiger partial charge in [0.15, 0.2) is 0 Å². The van der Waals surface area contributed by atoms with Gasteiger partial charge < -0.3 is 4.74 Å². The van der Waals surface area contributed by atoms with Crippen molar-refractivity contribution in [3.63, 3.8) is 0 Å². The fraction of sp³-hybridized carbons (Fsp3) is 0.556. The van der Waals surface area contributed by atoms with Crippen molar-refractivity contribution in [2.45, 2.75) is 32.2 Å². The first-order chi connectivity index (χ1) is 11.7. The summed E-state index contributed by atoms with van der Waals surface area (Å²) in [6.45, 7) is 6.76. The average Bonchev–Trinajstić information content (AvgIpc) is 3.01. The first-order valence-electron chi connectivity index (χ1n) is 8.68. The summed E-state index contributed by atoms with van der Waals surface area (Å²) in [5, 5.41) is 1.62. The van der Waals surface area contributed by atoms with Gasteiger partial charge in [-0.3, -0.25) is 9.91 Å². The van der Waals surface area contributed by atoms with E-state index in [9.17, 15) is 8.78 Å². The Balaban J connectivity index is 1.57. The Morgan fingerprint density at radius 3 is 2.79 bits per heavy atom. The molecule has 1 aromatic rings. The molecule has 1 saturated heterocycles. The number of anilines is 1. The molecule has 1 fully saturated rings. The molecule has 1 atom stereocenters. The van der Waals surface area contributed by atoms with Crippen LogP contribution in [0.5, 0.6) is 0 Å². The third-order valence-corrected chi connectivity index (χ3v) is 4.68. The van der Waals surface area contributed by atoms with Gasteiger partial charge in [0.25, 0.3) is 0 Å². The minimum Gasteiger partial charge on any atom is -0.379 e. The van der Waals surface area contributed by atoms with Crippen LogP contribution in [-0.4, -0.2) is 43.8 Å².